The number of hydrogen-bond acceptors (Lipinski definition) is 6. The van der Waals surface area contributed by atoms with E-state index in [-0.39, 0.29) is 0 Å². The molecule has 0 unspecified atom stereocenters. The summed E-state index contributed by atoms with van der Waals surface area (Å²) in [6.45, 7) is 2.99. The lowest BCUT2D eigenvalue weighted by molar-refractivity contribution is 0.831. The SMILES string of the molecule is CCCCNc1ncnc(Nc2cccc3ncccc23)c1N. The number of nitrogens with one attached hydrogen (secondary N) is 2. The van der Waals surface area contributed by atoms with Gasteiger partial charge in [0.1, 0.15) is 12.0 Å². The van der Waals surface area contributed by atoms with E-state index in [4.69, 9.17) is 5.73 Å². The molecule has 23 heavy (non-hydrogen) atoms. The molecule has 2 heterocycles. The second-order valence-corrected chi connectivity index (χ2v) is 5.27. The Bertz CT molecular complexity index is 797. The molecule has 0 aliphatic rings. The Hall–Kier alpha value is -2.89. The van der Waals surface area contributed by atoms with E-state index in [0.717, 1.165) is 36.0 Å². The van der Waals surface area contributed by atoms with Crippen LogP contribution in [0.4, 0.5) is 23.0 Å². The van der Waals surface area contributed by atoms with Crippen molar-refractivity contribution in [2.45, 2.75) is 19.8 Å². The van der Waals surface area contributed by atoms with Gasteiger partial charge >= 0.3 is 0 Å². The van der Waals surface area contributed by atoms with Gasteiger partial charge in [0.2, 0.25) is 0 Å². The standard InChI is InChI=1S/C17H20N6/c1-2-3-9-20-16-15(18)17(22-11-21-16)23-14-8-4-7-13-12(14)6-5-10-19-13/h4-8,10-11H,2-3,9,18H2,1H3,(H2,20,21,22,23). The molecule has 0 bridgehead atoms. The highest BCUT2D eigenvalue weighted by molar-refractivity contribution is 5.94. The molecule has 0 saturated carbocycles. The molecule has 0 saturated heterocycles. The van der Waals surface area contributed by atoms with Crippen LogP contribution in [0.5, 0.6) is 0 Å². The van der Waals surface area contributed by atoms with E-state index in [0.29, 0.717) is 17.3 Å². The minimum absolute atomic E-state index is 0.518. The van der Waals surface area contributed by atoms with E-state index in [1.807, 2.05) is 30.3 Å². The number of nitrogen functional groups attached to an aromatic ring is 1. The molecular formula is C17H20N6. The summed E-state index contributed by atoms with van der Waals surface area (Å²) in [5.41, 5.74) is 8.55. The largest absolute Gasteiger partial charge is 0.393 e. The zero-order valence-corrected chi connectivity index (χ0v) is 13.1. The lowest BCUT2D eigenvalue weighted by Crippen LogP contribution is -2.09. The second-order valence-electron chi connectivity index (χ2n) is 5.27. The molecule has 0 atom stereocenters. The molecule has 3 rings (SSSR count). The number of aromatic nitrogens is 3. The van der Waals surface area contributed by atoms with Crippen molar-refractivity contribution in [3.05, 3.63) is 42.9 Å². The van der Waals surface area contributed by atoms with Crippen LogP contribution >= 0.6 is 0 Å². The van der Waals surface area contributed by atoms with Crippen molar-refractivity contribution in [2.75, 3.05) is 22.9 Å². The van der Waals surface area contributed by atoms with Gasteiger partial charge in [0.15, 0.2) is 11.6 Å². The molecule has 4 N–H and O–H groups in total. The van der Waals surface area contributed by atoms with Crippen molar-refractivity contribution in [3.8, 4) is 0 Å². The average molecular weight is 308 g/mol. The first-order chi connectivity index (χ1) is 11.3. The third-order valence-electron chi connectivity index (χ3n) is 3.61. The fourth-order valence-electron chi connectivity index (χ4n) is 2.36. The number of benzene rings is 1. The molecule has 2 aromatic heterocycles. The number of hydrogen-bond donors (Lipinski definition) is 3. The third kappa shape index (κ3) is 3.31. The van der Waals surface area contributed by atoms with Crippen molar-refractivity contribution in [2.24, 2.45) is 0 Å². The van der Waals surface area contributed by atoms with Gasteiger partial charge < -0.3 is 16.4 Å². The van der Waals surface area contributed by atoms with Crippen LogP contribution in [0.3, 0.4) is 0 Å². The van der Waals surface area contributed by atoms with Crippen LogP contribution in [0.1, 0.15) is 19.8 Å². The highest BCUT2D eigenvalue weighted by Gasteiger charge is 2.09. The summed E-state index contributed by atoms with van der Waals surface area (Å²) in [4.78, 5) is 12.8. The van der Waals surface area contributed by atoms with Crippen molar-refractivity contribution >= 4 is 33.9 Å². The number of rotatable bonds is 6. The Kier molecular flexibility index (Phi) is 4.52. The lowest BCUT2D eigenvalue weighted by Gasteiger charge is -2.13. The van der Waals surface area contributed by atoms with Crippen LogP contribution in [0, 0.1) is 0 Å². The van der Waals surface area contributed by atoms with Gasteiger partial charge in [-0.25, -0.2) is 9.97 Å². The number of anilines is 4. The van der Waals surface area contributed by atoms with Crippen molar-refractivity contribution in [1.82, 2.24) is 15.0 Å². The van der Waals surface area contributed by atoms with Crippen LogP contribution < -0.4 is 16.4 Å². The minimum Gasteiger partial charge on any atom is -0.393 e. The number of pyridine rings is 1. The lowest BCUT2D eigenvalue weighted by atomic mass is 10.2. The smallest absolute Gasteiger partial charge is 0.159 e. The van der Waals surface area contributed by atoms with E-state index in [1.54, 1.807) is 6.20 Å². The van der Waals surface area contributed by atoms with Crippen LogP contribution in [0.15, 0.2) is 42.9 Å². The molecule has 118 valence electrons. The highest BCUT2D eigenvalue weighted by Crippen LogP contribution is 2.29. The fraction of sp³-hybridized carbons (Fsp3) is 0.235. The number of nitrogens with zero attached hydrogens (tertiary/aromatic N) is 3. The first kappa shape index (κ1) is 15.0. The van der Waals surface area contributed by atoms with Crippen LogP contribution in [-0.4, -0.2) is 21.5 Å². The maximum absolute atomic E-state index is 6.19. The van der Waals surface area contributed by atoms with Gasteiger partial charge in [0.25, 0.3) is 0 Å². The van der Waals surface area contributed by atoms with E-state index in [1.165, 1.54) is 6.33 Å². The number of nitrogens with two attached hydrogens (primary N) is 1. The van der Waals surface area contributed by atoms with Gasteiger partial charge in [0, 0.05) is 23.8 Å². The summed E-state index contributed by atoms with van der Waals surface area (Å²) >= 11 is 0. The van der Waals surface area contributed by atoms with E-state index in [2.05, 4.69) is 32.5 Å². The average Bonchev–Trinajstić information content (AvgIpc) is 2.58. The van der Waals surface area contributed by atoms with Crippen LogP contribution in [-0.2, 0) is 0 Å². The van der Waals surface area contributed by atoms with Gasteiger partial charge in [-0.05, 0) is 30.7 Å². The maximum atomic E-state index is 6.19. The van der Waals surface area contributed by atoms with Crippen molar-refractivity contribution in [1.29, 1.82) is 0 Å². The van der Waals surface area contributed by atoms with E-state index < -0.39 is 0 Å². The summed E-state index contributed by atoms with van der Waals surface area (Å²) in [7, 11) is 0. The predicted molar refractivity (Wildman–Crippen MR) is 94.9 cm³/mol. The van der Waals surface area contributed by atoms with Gasteiger partial charge in [-0.2, -0.15) is 0 Å². The monoisotopic (exact) mass is 308 g/mol. The maximum Gasteiger partial charge on any atom is 0.159 e. The first-order valence-corrected chi connectivity index (χ1v) is 7.74. The van der Waals surface area contributed by atoms with Gasteiger partial charge in [0.05, 0.1) is 5.52 Å². The second kappa shape index (κ2) is 6.91. The molecule has 3 aromatic rings. The molecule has 6 nitrogen and oxygen atoms in total. The fourth-order valence-corrected chi connectivity index (χ4v) is 2.36. The summed E-state index contributed by atoms with van der Waals surface area (Å²) in [6, 6.07) is 9.84. The molecule has 1 aromatic carbocycles. The van der Waals surface area contributed by atoms with Crippen molar-refractivity contribution in [3.63, 3.8) is 0 Å². The van der Waals surface area contributed by atoms with Gasteiger partial charge in [-0.1, -0.05) is 19.4 Å². The molecular weight excluding hydrogens is 288 g/mol. The predicted octanol–water partition coefficient (Wildman–Crippen LogP) is 3.56. The highest BCUT2D eigenvalue weighted by atomic mass is 15.1. The molecule has 0 fully saturated rings. The summed E-state index contributed by atoms with van der Waals surface area (Å²) in [5, 5.41) is 7.56. The van der Waals surface area contributed by atoms with E-state index in [9.17, 15) is 0 Å². The van der Waals surface area contributed by atoms with Crippen LogP contribution in [0.2, 0.25) is 0 Å². The Balaban J connectivity index is 1.89. The molecule has 0 aliphatic carbocycles. The molecule has 0 amide bonds. The third-order valence-corrected chi connectivity index (χ3v) is 3.61. The first-order valence-electron chi connectivity index (χ1n) is 7.74. The summed E-state index contributed by atoms with van der Waals surface area (Å²) in [5.74, 6) is 1.25. The zero-order chi connectivity index (χ0) is 16.1. The summed E-state index contributed by atoms with van der Waals surface area (Å²) < 4.78 is 0. The number of fused-ring (bicyclic) bond motifs is 1. The Morgan fingerprint density at radius 1 is 1.04 bits per heavy atom. The summed E-state index contributed by atoms with van der Waals surface area (Å²) in [6.07, 6.45) is 5.48. The van der Waals surface area contributed by atoms with Gasteiger partial charge in [-0.15, -0.1) is 0 Å². The van der Waals surface area contributed by atoms with E-state index >= 15 is 0 Å². The Labute approximate surface area is 135 Å². The van der Waals surface area contributed by atoms with Crippen molar-refractivity contribution < 1.29 is 0 Å². The molecule has 0 radical (unpaired) electrons. The Morgan fingerprint density at radius 2 is 1.91 bits per heavy atom. The normalized spacial score (nSPS) is 10.7. The molecule has 6 heteroatoms. The van der Waals surface area contributed by atoms with Crippen LogP contribution in [0.25, 0.3) is 10.9 Å². The van der Waals surface area contributed by atoms with Gasteiger partial charge in [-0.3, -0.25) is 4.98 Å². The minimum atomic E-state index is 0.518. The number of unbranched alkanes of at least 4 members (excludes halogenated alkanes) is 1. The molecule has 0 spiro atoms. The zero-order valence-electron chi connectivity index (χ0n) is 13.1. The molecule has 0 aliphatic heterocycles. The Morgan fingerprint density at radius 3 is 2.78 bits per heavy atom. The topological polar surface area (TPSA) is 88.8 Å². The quantitative estimate of drug-likeness (QED) is 0.603.